The SMILES string of the molecule is Nc1cccn(Cc2c(F)ccc(Br)c2F)c1=O. The minimum absolute atomic E-state index is 0.0355. The standard InChI is InChI=1S/C12H9BrF2N2O/c13-8-3-4-9(14)7(11(8)15)6-17-5-1-2-10(16)12(17)18/h1-5H,6,16H2. The quantitative estimate of drug-likeness (QED) is 0.866. The third kappa shape index (κ3) is 2.28. The van der Waals surface area contributed by atoms with Crippen LogP contribution in [0.2, 0.25) is 0 Å². The summed E-state index contributed by atoms with van der Waals surface area (Å²) in [7, 11) is 0. The Hall–Kier alpha value is -1.69. The fourth-order valence-corrected chi connectivity index (χ4v) is 1.94. The molecule has 1 heterocycles. The molecule has 0 fully saturated rings. The third-order valence-electron chi connectivity index (χ3n) is 2.52. The molecule has 0 amide bonds. The largest absolute Gasteiger partial charge is 0.394 e. The van der Waals surface area contributed by atoms with Crippen LogP contribution in [0.5, 0.6) is 0 Å². The molecule has 0 spiro atoms. The van der Waals surface area contributed by atoms with Crippen LogP contribution in [-0.2, 0) is 6.54 Å². The zero-order valence-electron chi connectivity index (χ0n) is 9.16. The Bertz CT molecular complexity index is 655. The lowest BCUT2D eigenvalue weighted by Gasteiger charge is -2.09. The van der Waals surface area contributed by atoms with Gasteiger partial charge in [-0.05, 0) is 40.2 Å². The van der Waals surface area contributed by atoms with Crippen molar-refractivity contribution in [1.29, 1.82) is 0 Å². The van der Waals surface area contributed by atoms with Crippen LogP contribution in [-0.4, -0.2) is 4.57 Å². The number of halogens is 3. The number of benzene rings is 1. The molecule has 0 aliphatic rings. The normalized spacial score (nSPS) is 10.6. The molecule has 0 saturated carbocycles. The maximum absolute atomic E-state index is 13.7. The van der Waals surface area contributed by atoms with Gasteiger partial charge in [0.15, 0.2) is 0 Å². The first-order valence-electron chi connectivity index (χ1n) is 5.08. The summed E-state index contributed by atoms with van der Waals surface area (Å²) in [5.41, 5.74) is 4.83. The van der Waals surface area contributed by atoms with Gasteiger partial charge >= 0.3 is 0 Å². The summed E-state index contributed by atoms with van der Waals surface area (Å²) in [5.74, 6) is -1.42. The summed E-state index contributed by atoms with van der Waals surface area (Å²) >= 11 is 2.97. The van der Waals surface area contributed by atoms with E-state index < -0.39 is 17.2 Å². The number of pyridine rings is 1. The van der Waals surface area contributed by atoms with Gasteiger partial charge in [0.05, 0.1) is 16.7 Å². The van der Waals surface area contributed by atoms with Gasteiger partial charge in [-0.2, -0.15) is 0 Å². The molecule has 3 nitrogen and oxygen atoms in total. The van der Waals surface area contributed by atoms with E-state index in [1.54, 1.807) is 6.07 Å². The zero-order chi connectivity index (χ0) is 13.3. The minimum atomic E-state index is -0.718. The van der Waals surface area contributed by atoms with Crippen molar-refractivity contribution < 1.29 is 8.78 Å². The van der Waals surface area contributed by atoms with Gasteiger partial charge in [0.1, 0.15) is 11.6 Å². The second-order valence-corrected chi connectivity index (χ2v) is 4.57. The van der Waals surface area contributed by atoms with Gasteiger partial charge < -0.3 is 10.3 Å². The first-order chi connectivity index (χ1) is 8.50. The summed E-state index contributed by atoms with van der Waals surface area (Å²) in [5, 5.41) is 0. The van der Waals surface area contributed by atoms with Gasteiger partial charge in [0.25, 0.3) is 5.56 Å². The monoisotopic (exact) mass is 314 g/mol. The van der Waals surface area contributed by atoms with Crippen LogP contribution >= 0.6 is 15.9 Å². The zero-order valence-corrected chi connectivity index (χ0v) is 10.7. The number of hydrogen-bond donors (Lipinski definition) is 1. The van der Waals surface area contributed by atoms with E-state index in [2.05, 4.69) is 15.9 Å². The molecule has 0 unspecified atom stereocenters. The fraction of sp³-hybridized carbons (Fsp3) is 0.0833. The predicted octanol–water partition coefficient (Wildman–Crippen LogP) is 2.52. The fourth-order valence-electron chi connectivity index (χ4n) is 1.56. The second kappa shape index (κ2) is 4.89. The van der Waals surface area contributed by atoms with Crippen LogP contribution in [0.1, 0.15) is 5.56 Å². The van der Waals surface area contributed by atoms with E-state index in [0.717, 1.165) is 10.6 Å². The van der Waals surface area contributed by atoms with E-state index in [-0.39, 0.29) is 22.3 Å². The molecule has 2 N–H and O–H groups in total. The Morgan fingerprint density at radius 2 is 2.00 bits per heavy atom. The first kappa shape index (κ1) is 12.8. The highest BCUT2D eigenvalue weighted by atomic mass is 79.9. The van der Waals surface area contributed by atoms with Gasteiger partial charge in [-0.15, -0.1) is 0 Å². The van der Waals surface area contributed by atoms with Gasteiger partial charge in [0.2, 0.25) is 0 Å². The van der Waals surface area contributed by atoms with Gasteiger partial charge in [0, 0.05) is 11.8 Å². The lowest BCUT2D eigenvalue weighted by Crippen LogP contribution is -2.23. The maximum Gasteiger partial charge on any atom is 0.273 e. The molecule has 94 valence electrons. The molecular formula is C12H9BrF2N2O. The molecule has 2 aromatic rings. The highest BCUT2D eigenvalue weighted by molar-refractivity contribution is 9.10. The Labute approximate surface area is 110 Å². The lowest BCUT2D eigenvalue weighted by molar-refractivity contribution is 0.538. The Morgan fingerprint density at radius 3 is 2.72 bits per heavy atom. The van der Waals surface area contributed by atoms with Gasteiger partial charge in [-0.25, -0.2) is 8.78 Å². The number of rotatable bonds is 2. The number of nitrogens with zero attached hydrogens (tertiary/aromatic N) is 1. The molecule has 6 heteroatoms. The average molecular weight is 315 g/mol. The number of nitrogens with two attached hydrogens (primary N) is 1. The summed E-state index contributed by atoms with van der Waals surface area (Å²) in [6.07, 6.45) is 1.43. The van der Waals surface area contributed by atoms with E-state index in [1.807, 2.05) is 0 Å². The van der Waals surface area contributed by atoms with Crippen LogP contribution in [0, 0.1) is 11.6 Å². The molecule has 1 aromatic heterocycles. The van der Waals surface area contributed by atoms with Crippen molar-refractivity contribution in [2.24, 2.45) is 0 Å². The molecule has 1 aromatic carbocycles. The van der Waals surface area contributed by atoms with Crippen LogP contribution in [0.15, 0.2) is 39.7 Å². The van der Waals surface area contributed by atoms with Crippen molar-refractivity contribution in [2.45, 2.75) is 6.54 Å². The van der Waals surface area contributed by atoms with Crippen molar-refractivity contribution in [2.75, 3.05) is 5.73 Å². The van der Waals surface area contributed by atoms with Crippen LogP contribution in [0.4, 0.5) is 14.5 Å². The molecule has 0 aliphatic carbocycles. The van der Waals surface area contributed by atoms with Crippen molar-refractivity contribution in [3.8, 4) is 0 Å². The van der Waals surface area contributed by atoms with E-state index in [0.29, 0.717) is 0 Å². The molecule has 0 aliphatic heterocycles. The van der Waals surface area contributed by atoms with E-state index in [9.17, 15) is 13.6 Å². The summed E-state index contributed by atoms with van der Waals surface area (Å²) in [4.78, 5) is 11.7. The topological polar surface area (TPSA) is 48.0 Å². The Kier molecular flexibility index (Phi) is 3.47. The molecular weight excluding hydrogens is 306 g/mol. The smallest absolute Gasteiger partial charge is 0.273 e. The van der Waals surface area contributed by atoms with Crippen molar-refractivity contribution >= 4 is 21.6 Å². The second-order valence-electron chi connectivity index (χ2n) is 3.72. The highest BCUT2D eigenvalue weighted by Crippen LogP contribution is 2.22. The number of hydrogen-bond acceptors (Lipinski definition) is 2. The van der Waals surface area contributed by atoms with Crippen molar-refractivity contribution in [3.05, 3.63) is 62.5 Å². The van der Waals surface area contributed by atoms with Gasteiger partial charge in [-0.1, -0.05) is 0 Å². The lowest BCUT2D eigenvalue weighted by atomic mass is 10.2. The van der Waals surface area contributed by atoms with Crippen LogP contribution in [0.3, 0.4) is 0 Å². The van der Waals surface area contributed by atoms with Crippen LogP contribution in [0.25, 0.3) is 0 Å². The van der Waals surface area contributed by atoms with Gasteiger partial charge in [-0.3, -0.25) is 4.79 Å². The minimum Gasteiger partial charge on any atom is -0.394 e. The molecule has 18 heavy (non-hydrogen) atoms. The van der Waals surface area contributed by atoms with E-state index in [4.69, 9.17) is 5.73 Å². The predicted molar refractivity (Wildman–Crippen MR) is 68.3 cm³/mol. The van der Waals surface area contributed by atoms with E-state index in [1.165, 1.54) is 18.3 Å². The molecule has 0 saturated heterocycles. The third-order valence-corrected chi connectivity index (χ3v) is 3.13. The van der Waals surface area contributed by atoms with Crippen molar-refractivity contribution in [3.63, 3.8) is 0 Å². The summed E-state index contributed by atoms with van der Waals surface area (Å²) in [6.45, 7) is -0.207. The highest BCUT2D eigenvalue weighted by Gasteiger charge is 2.13. The summed E-state index contributed by atoms with van der Waals surface area (Å²) in [6, 6.07) is 5.40. The summed E-state index contributed by atoms with van der Waals surface area (Å²) < 4.78 is 28.6. The first-order valence-corrected chi connectivity index (χ1v) is 5.87. The molecule has 0 bridgehead atoms. The van der Waals surface area contributed by atoms with Crippen molar-refractivity contribution in [1.82, 2.24) is 4.57 Å². The molecule has 0 radical (unpaired) electrons. The number of nitrogen functional groups attached to an aromatic ring is 1. The molecule has 2 rings (SSSR count). The molecule has 0 atom stereocenters. The van der Waals surface area contributed by atoms with Crippen LogP contribution < -0.4 is 11.3 Å². The average Bonchev–Trinajstić information content (AvgIpc) is 2.35. The number of anilines is 1. The van der Waals surface area contributed by atoms with E-state index >= 15 is 0 Å². The Morgan fingerprint density at radius 1 is 1.28 bits per heavy atom. The number of aromatic nitrogens is 1. The Balaban J connectivity index is 2.50. The maximum atomic E-state index is 13.7.